The van der Waals surface area contributed by atoms with E-state index in [1.165, 1.54) is 5.56 Å². The summed E-state index contributed by atoms with van der Waals surface area (Å²) in [6.07, 6.45) is 1.61. The van der Waals surface area contributed by atoms with Gasteiger partial charge in [-0.25, -0.2) is 0 Å². The van der Waals surface area contributed by atoms with Gasteiger partial charge in [-0.3, -0.25) is 0 Å². The smallest absolute Gasteiger partial charge is 0.232 e. The molecule has 1 aromatic heterocycles. The Labute approximate surface area is 159 Å². The third-order valence-electron chi connectivity index (χ3n) is 3.35. The molecule has 2 aromatic carbocycles. The van der Waals surface area contributed by atoms with Crippen molar-refractivity contribution in [2.24, 2.45) is 5.16 Å². The zero-order valence-corrected chi connectivity index (χ0v) is 15.6. The van der Waals surface area contributed by atoms with Crippen LogP contribution in [0.15, 0.2) is 58.2 Å². The molecule has 0 aliphatic heterocycles. The highest BCUT2D eigenvalue weighted by Crippen LogP contribution is 2.14. The van der Waals surface area contributed by atoms with E-state index in [0.717, 1.165) is 15.7 Å². The van der Waals surface area contributed by atoms with Crippen LogP contribution in [0.5, 0.6) is 0 Å². The highest BCUT2D eigenvalue weighted by Gasteiger charge is 2.05. The molecular weight excluding hydrogens is 396 g/mol. The summed E-state index contributed by atoms with van der Waals surface area (Å²) in [5.41, 5.74) is 8.70. The van der Waals surface area contributed by atoms with Crippen LogP contribution in [0.25, 0.3) is 0 Å². The number of anilines is 3. The Morgan fingerprint density at radius 1 is 1.08 bits per heavy atom. The number of nitrogen functional groups attached to an aromatic ring is 1. The number of oxime groups is 1. The van der Waals surface area contributed by atoms with Gasteiger partial charge in [-0.2, -0.15) is 15.0 Å². The average Bonchev–Trinajstić information content (AvgIpc) is 2.62. The molecule has 0 amide bonds. The molecule has 0 atom stereocenters. The van der Waals surface area contributed by atoms with Crippen molar-refractivity contribution in [3.05, 3.63) is 70.0 Å². The van der Waals surface area contributed by atoms with Crippen LogP contribution in [0.3, 0.4) is 0 Å². The van der Waals surface area contributed by atoms with E-state index < -0.39 is 0 Å². The van der Waals surface area contributed by atoms with Crippen LogP contribution in [0.1, 0.15) is 17.0 Å². The SMILES string of the molecule is Cc1ccc(Nc2nc(N)nc(CO/N=C\c3ccc(Br)cc3)n2)cc1. The third-order valence-corrected chi connectivity index (χ3v) is 3.88. The molecule has 8 heteroatoms. The Hall–Kier alpha value is -3.00. The second-order valence-corrected chi connectivity index (χ2v) is 6.40. The maximum Gasteiger partial charge on any atom is 0.232 e. The quantitative estimate of drug-likeness (QED) is 0.471. The van der Waals surface area contributed by atoms with E-state index >= 15 is 0 Å². The molecular formula is C18H17BrN6O. The van der Waals surface area contributed by atoms with Gasteiger partial charge < -0.3 is 15.9 Å². The fraction of sp³-hybridized carbons (Fsp3) is 0.111. The predicted molar refractivity (Wildman–Crippen MR) is 105 cm³/mol. The first kappa shape index (κ1) is 17.8. The highest BCUT2D eigenvalue weighted by atomic mass is 79.9. The number of hydrogen-bond acceptors (Lipinski definition) is 7. The van der Waals surface area contributed by atoms with E-state index in [0.29, 0.717) is 11.8 Å². The van der Waals surface area contributed by atoms with Gasteiger partial charge in [-0.05, 0) is 36.8 Å². The number of nitrogens with two attached hydrogens (primary N) is 1. The monoisotopic (exact) mass is 412 g/mol. The lowest BCUT2D eigenvalue weighted by Gasteiger charge is -2.07. The Kier molecular flexibility index (Phi) is 5.75. The summed E-state index contributed by atoms with van der Waals surface area (Å²) < 4.78 is 1.00. The van der Waals surface area contributed by atoms with Crippen molar-refractivity contribution in [2.45, 2.75) is 13.5 Å². The van der Waals surface area contributed by atoms with Gasteiger partial charge >= 0.3 is 0 Å². The largest absolute Gasteiger partial charge is 0.388 e. The van der Waals surface area contributed by atoms with Crippen LogP contribution in [0.2, 0.25) is 0 Å². The van der Waals surface area contributed by atoms with Gasteiger partial charge in [0.2, 0.25) is 11.9 Å². The molecule has 3 rings (SSSR count). The van der Waals surface area contributed by atoms with Gasteiger partial charge in [-0.15, -0.1) is 0 Å². The van der Waals surface area contributed by atoms with Crippen LogP contribution in [-0.4, -0.2) is 21.2 Å². The second-order valence-electron chi connectivity index (χ2n) is 5.48. The lowest BCUT2D eigenvalue weighted by molar-refractivity contribution is 0.126. The molecule has 0 spiro atoms. The first-order valence-corrected chi connectivity index (χ1v) is 8.63. The standard InChI is InChI=1S/C18H17BrN6O/c1-12-2-8-15(9-3-12)22-18-24-16(23-17(20)25-18)11-26-21-10-13-4-6-14(19)7-5-13/h2-10H,11H2,1H3,(H3,20,22,23,24,25)/b21-10-. The van der Waals surface area contributed by atoms with Gasteiger partial charge in [0, 0.05) is 10.2 Å². The molecule has 0 saturated carbocycles. The van der Waals surface area contributed by atoms with Crippen molar-refractivity contribution in [1.82, 2.24) is 15.0 Å². The van der Waals surface area contributed by atoms with Crippen molar-refractivity contribution < 1.29 is 4.84 Å². The number of nitrogens with zero attached hydrogens (tertiary/aromatic N) is 4. The first-order valence-electron chi connectivity index (χ1n) is 7.83. The number of rotatable bonds is 6. The van der Waals surface area contributed by atoms with Gasteiger partial charge in [0.25, 0.3) is 0 Å². The summed E-state index contributed by atoms with van der Waals surface area (Å²) in [5, 5.41) is 7.01. The third kappa shape index (κ3) is 5.25. The second kappa shape index (κ2) is 8.39. The zero-order chi connectivity index (χ0) is 18.4. The molecule has 0 aliphatic carbocycles. The fourth-order valence-corrected chi connectivity index (χ4v) is 2.33. The Balaban J connectivity index is 1.62. The lowest BCUT2D eigenvalue weighted by Crippen LogP contribution is -2.07. The summed E-state index contributed by atoms with van der Waals surface area (Å²) in [6.45, 7) is 2.11. The molecule has 0 aliphatic rings. The van der Waals surface area contributed by atoms with Gasteiger partial charge in [0.05, 0.1) is 6.21 Å². The van der Waals surface area contributed by atoms with Crippen LogP contribution in [0.4, 0.5) is 17.6 Å². The number of aromatic nitrogens is 3. The Morgan fingerprint density at radius 2 is 1.81 bits per heavy atom. The van der Waals surface area contributed by atoms with E-state index in [1.54, 1.807) is 6.21 Å². The molecule has 26 heavy (non-hydrogen) atoms. The van der Waals surface area contributed by atoms with Crippen molar-refractivity contribution >= 4 is 39.7 Å². The van der Waals surface area contributed by atoms with E-state index in [9.17, 15) is 0 Å². The van der Waals surface area contributed by atoms with Gasteiger partial charge in [-0.1, -0.05) is 50.9 Å². The minimum Gasteiger partial charge on any atom is -0.388 e. The summed E-state index contributed by atoms with van der Waals surface area (Å²) in [6, 6.07) is 15.6. The number of halogens is 1. The van der Waals surface area contributed by atoms with Crippen LogP contribution >= 0.6 is 15.9 Å². The average molecular weight is 413 g/mol. The first-order chi connectivity index (χ1) is 12.6. The van der Waals surface area contributed by atoms with Crippen molar-refractivity contribution in [3.63, 3.8) is 0 Å². The fourth-order valence-electron chi connectivity index (χ4n) is 2.07. The summed E-state index contributed by atoms with van der Waals surface area (Å²) >= 11 is 3.38. The van der Waals surface area contributed by atoms with E-state index in [1.807, 2.05) is 55.5 Å². The van der Waals surface area contributed by atoms with Gasteiger partial charge in [0.15, 0.2) is 12.4 Å². The molecule has 0 fully saturated rings. The maximum absolute atomic E-state index is 5.75. The van der Waals surface area contributed by atoms with E-state index in [2.05, 4.69) is 41.4 Å². The molecule has 0 radical (unpaired) electrons. The van der Waals surface area contributed by atoms with E-state index in [-0.39, 0.29) is 12.6 Å². The molecule has 3 N–H and O–H groups in total. The molecule has 3 aromatic rings. The molecule has 132 valence electrons. The molecule has 0 unspecified atom stereocenters. The minimum absolute atomic E-state index is 0.0856. The summed E-state index contributed by atoms with van der Waals surface area (Å²) in [5.74, 6) is 0.863. The topological polar surface area (TPSA) is 98.3 Å². The summed E-state index contributed by atoms with van der Waals surface area (Å²) in [4.78, 5) is 17.7. The number of hydrogen-bond donors (Lipinski definition) is 2. The number of benzene rings is 2. The molecule has 7 nitrogen and oxygen atoms in total. The molecule has 0 bridgehead atoms. The predicted octanol–water partition coefficient (Wildman–Crippen LogP) is 3.82. The Bertz CT molecular complexity index is 897. The van der Waals surface area contributed by atoms with Crippen molar-refractivity contribution in [2.75, 3.05) is 11.1 Å². The molecule has 0 saturated heterocycles. The van der Waals surface area contributed by atoms with Crippen molar-refractivity contribution in [1.29, 1.82) is 0 Å². The van der Waals surface area contributed by atoms with Gasteiger partial charge in [0.1, 0.15) is 0 Å². The Morgan fingerprint density at radius 3 is 2.54 bits per heavy atom. The highest BCUT2D eigenvalue weighted by molar-refractivity contribution is 9.10. The zero-order valence-electron chi connectivity index (χ0n) is 14.1. The minimum atomic E-state index is 0.0856. The molecule has 1 heterocycles. The van der Waals surface area contributed by atoms with Crippen LogP contribution in [-0.2, 0) is 11.4 Å². The summed E-state index contributed by atoms with van der Waals surface area (Å²) in [7, 11) is 0. The maximum atomic E-state index is 5.75. The van der Waals surface area contributed by atoms with E-state index in [4.69, 9.17) is 10.6 Å². The number of aryl methyl sites for hydroxylation is 1. The number of nitrogens with one attached hydrogen (secondary N) is 1. The normalized spacial score (nSPS) is 10.8. The van der Waals surface area contributed by atoms with Crippen LogP contribution < -0.4 is 11.1 Å². The van der Waals surface area contributed by atoms with Crippen molar-refractivity contribution in [3.8, 4) is 0 Å². The van der Waals surface area contributed by atoms with Crippen LogP contribution in [0, 0.1) is 6.92 Å². The lowest BCUT2D eigenvalue weighted by atomic mass is 10.2.